The third kappa shape index (κ3) is 4.27. The minimum absolute atomic E-state index is 0.356. The van der Waals surface area contributed by atoms with Gasteiger partial charge in [0.1, 0.15) is 17.3 Å². The molecule has 5 rings (SSSR count). The third-order valence-corrected chi connectivity index (χ3v) is 6.27. The first-order chi connectivity index (χ1) is 15.6. The molecule has 0 bridgehead atoms. The summed E-state index contributed by atoms with van der Waals surface area (Å²) in [7, 11) is 0. The van der Waals surface area contributed by atoms with Gasteiger partial charge in [0.25, 0.3) is 0 Å². The van der Waals surface area contributed by atoms with E-state index in [1.807, 2.05) is 10.7 Å². The van der Waals surface area contributed by atoms with Gasteiger partial charge in [-0.3, -0.25) is 0 Å². The van der Waals surface area contributed by atoms with Crippen LogP contribution in [0, 0.1) is 12.8 Å². The summed E-state index contributed by atoms with van der Waals surface area (Å²) in [6, 6.07) is 6.25. The molecule has 0 unspecified atom stereocenters. The lowest BCUT2D eigenvalue weighted by Crippen LogP contribution is -2.31. The SMILES string of the molecule is Cc1ccn2cc(CNc3cc(NCC4CCNCC4)nc4c(C(C)C)cnn34)nc2c1. The van der Waals surface area contributed by atoms with Gasteiger partial charge in [-0.2, -0.15) is 9.61 Å². The second kappa shape index (κ2) is 8.78. The van der Waals surface area contributed by atoms with Gasteiger partial charge in [-0.1, -0.05) is 13.8 Å². The van der Waals surface area contributed by atoms with E-state index in [-0.39, 0.29) is 0 Å². The van der Waals surface area contributed by atoms with Crippen LogP contribution < -0.4 is 16.0 Å². The Balaban J connectivity index is 1.40. The lowest BCUT2D eigenvalue weighted by molar-refractivity contribution is 0.389. The van der Waals surface area contributed by atoms with Crippen molar-refractivity contribution < 1.29 is 0 Å². The molecule has 4 aromatic heterocycles. The minimum Gasteiger partial charge on any atom is -0.370 e. The van der Waals surface area contributed by atoms with Crippen LogP contribution in [0.3, 0.4) is 0 Å². The van der Waals surface area contributed by atoms with Crippen molar-refractivity contribution in [2.24, 2.45) is 5.92 Å². The Bertz CT molecular complexity index is 1220. The zero-order valence-electron chi connectivity index (χ0n) is 19.1. The summed E-state index contributed by atoms with van der Waals surface area (Å²) in [4.78, 5) is 9.67. The van der Waals surface area contributed by atoms with Gasteiger partial charge in [0, 0.05) is 30.6 Å². The van der Waals surface area contributed by atoms with E-state index in [4.69, 9.17) is 9.97 Å². The Kier molecular flexibility index (Phi) is 5.70. The van der Waals surface area contributed by atoms with Crippen molar-refractivity contribution in [3.05, 3.63) is 53.6 Å². The van der Waals surface area contributed by atoms with E-state index >= 15 is 0 Å². The quantitative estimate of drug-likeness (QED) is 0.412. The topological polar surface area (TPSA) is 83.6 Å². The van der Waals surface area contributed by atoms with Crippen LogP contribution in [-0.4, -0.2) is 43.6 Å². The van der Waals surface area contributed by atoms with E-state index in [1.54, 1.807) is 0 Å². The molecule has 8 nitrogen and oxygen atoms in total. The molecule has 0 amide bonds. The van der Waals surface area contributed by atoms with Crippen molar-refractivity contribution >= 4 is 22.9 Å². The van der Waals surface area contributed by atoms with Gasteiger partial charge in [-0.05, 0) is 62.4 Å². The standard InChI is InChI=1S/C24H32N8/c1-16(2)20-14-28-32-22(27-13-19-15-31-9-6-17(3)10-23(31)29-19)11-21(30-24(20)32)26-12-18-4-7-25-8-5-18/h6,9-11,14-16,18,25,27H,4-5,7-8,12-13H2,1-3H3,(H,26,30). The van der Waals surface area contributed by atoms with E-state index in [0.29, 0.717) is 18.4 Å². The van der Waals surface area contributed by atoms with Crippen LogP contribution in [-0.2, 0) is 6.54 Å². The Labute approximate surface area is 188 Å². The number of anilines is 2. The maximum absolute atomic E-state index is 4.91. The number of nitrogens with one attached hydrogen (secondary N) is 3. The molecule has 0 atom stereocenters. The Morgan fingerprint density at radius 1 is 1.16 bits per heavy atom. The third-order valence-electron chi connectivity index (χ3n) is 6.27. The van der Waals surface area contributed by atoms with Crippen molar-refractivity contribution in [2.75, 3.05) is 30.3 Å². The van der Waals surface area contributed by atoms with Gasteiger partial charge in [0.15, 0.2) is 5.65 Å². The fourth-order valence-corrected chi connectivity index (χ4v) is 4.34. The first kappa shape index (κ1) is 20.8. The van der Waals surface area contributed by atoms with Crippen LogP contribution in [0.4, 0.5) is 11.6 Å². The van der Waals surface area contributed by atoms with E-state index in [9.17, 15) is 0 Å². The van der Waals surface area contributed by atoms with Gasteiger partial charge in [-0.25, -0.2) is 9.97 Å². The Morgan fingerprint density at radius 3 is 2.81 bits per heavy atom. The number of imidazole rings is 1. The summed E-state index contributed by atoms with van der Waals surface area (Å²) in [6.45, 7) is 10.2. The van der Waals surface area contributed by atoms with Gasteiger partial charge in [-0.15, -0.1) is 0 Å². The zero-order chi connectivity index (χ0) is 22.1. The van der Waals surface area contributed by atoms with Gasteiger partial charge in [0.2, 0.25) is 0 Å². The molecule has 1 aliphatic rings. The highest BCUT2D eigenvalue weighted by molar-refractivity contribution is 5.61. The molecule has 0 aliphatic carbocycles. The summed E-state index contributed by atoms with van der Waals surface area (Å²) in [6.07, 6.45) is 8.47. The van der Waals surface area contributed by atoms with E-state index in [1.165, 1.54) is 18.4 Å². The van der Waals surface area contributed by atoms with Crippen LogP contribution in [0.1, 0.15) is 49.4 Å². The maximum atomic E-state index is 4.91. The van der Waals surface area contributed by atoms with E-state index in [0.717, 1.165) is 53.8 Å². The summed E-state index contributed by atoms with van der Waals surface area (Å²) >= 11 is 0. The molecule has 0 aromatic carbocycles. The average Bonchev–Trinajstić information content (AvgIpc) is 3.40. The highest BCUT2D eigenvalue weighted by atomic mass is 15.3. The molecule has 5 heterocycles. The second-order valence-corrected chi connectivity index (χ2v) is 9.15. The van der Waals surface area contributed by atoms with Crippen LogP contribution in [0.2, 0.25) is 0 Å². The average molecular weight is 433 g/mol. The molecular weight excluding hydrogens is 400 g/mol. The molecule has 0 saturated carbocycles. The smallest absolute Gasteiger partial charge is 0.163 e. The predicted octanol–water partition coefficient (Wildman–Crippen LogP) is 3.83. The monoisotopic (exact) mass is 432 g/mol. The molecule has 8 heteroatoms. The molecule has 168 valence electrons. The normalized spacial score (nSPS) is 15.1. The van der Waals surface area contributed by atoms with Crippen molar-refractivity contribution in [3.63, 3.8) is 0 Å². The first-order valence-corrected chi connectivity index (χ1v) is 11.6. The fraction of sp³-hybridized carbons (Fsp3) is 0.458. The van der Waals surface area contributed by atoms with E-state index < -0.39 is 0 Å². The number of hydrogen-bond acceptors (Lipinski definition) is 6. The molecule has 3 N–H and O–H groups in total. The number of aryl methyl sites for hydroxylation is 1. The van der Waals surface area contributed by atoms with E-state index in [2.05, 4.69) is 76.8 Å². The number of fused-ring (bicyclic) bond motifs is 2. The lowest BCUT2D eigenvalue weighted by atomic mass is 9.98. The van der Waals surface area contributed by atoms with Crippen molar-refractivity contribution in [2.45, 2.75) is 46.1 Å². The summed E-state index contributed by atoms with van der Waals surface area (Å²) in [5.41, 5.74) is 5.22. The lowest BCUT2D eigenvalue weighted by Gasteiger charge is -2.23. The van der Waals surface area contributed by atoms with Gasteiger partial charge in [0.05, 0.1) is 18.4 Å². The molecule has 32 heavy (non-hydrogen) atoms. The minimum atomic E-state index is 0.356. The number of hydrogen-bond donors (Lipinski definition) is 3. The summed E-state index contributed by atoms with van der Waals surface area (Å²) < 4.78 is 3.97. The van der Waals surface area contributed by atoms with Crippen molar-refractivity contribution in [1.82, 2.24) is 29.3 Å². The molecular formula is C24H32N8. The first-order valence-electron chi connectivity index (χ1n) is 11.6. The molecule has 1 aliphatic heterocycles. The molecule has 0 radical (unpaired) electrons. The fourth-order valence-electron chi connectivity index (χ4n) is 4.34. The van der Waals surface area contributed by atoms with Crippen LogP contribution >= 0.6 is 0 Å². The summed E-state index contributed by atoms with van der Waals surface area (Å²) in [5, 5.41) is 15.2. The van der Waals surface area contributed by atoms with Crippen molar-refractivity contribution in [3.8, 4) is 0 Å². The van der Waals surface area contributed by atoms with Gasteiger partial charge >= 0.3 is 0 Å². The highest BCUT2D eigenvalue weighted by Gasteiger charge is 2.16. The largest absolute Gasteiger partial charge is 0.370 e. The second-order valence-electron chi connectivity index (χ2n) is 9.15. The Morgan fingerprint density at radius 2 is 2.00 bits per heavy atom. The molecule has 1 saturated heterocycles. The number of pyridine rings is 1. The van der Waals surface area contributed by atoms with Crippen LogP contribution in [0.15, 0.2) is 36.8 Å². The maximum Gasteiger partial charge on any atom is 0.163 e. The number of piperidine rings is 1. The number of rotatable bonds is 7. The van der Waals surface area contributed by atoms with Crippen LogP contribution in [0.5, 0.6) is 0 Å². The molecule has 0 spiro atoms. The van der Waals surface area contributed by atoms with Crippen LogP contribution in [0.25, 0.3) is 11.3 Å². The number of nitrogens with zero attached hydrogens (tertiary/aromatic N) is 5. The van der Waals surface area contributed by atoms with Gasteiger partial charge < -0.3 is 20.4 Å². The molecule has 1 fully saturated rings. The molecule has 4 aromatic rings. The van der Waals surface area contributed by atoms with Crippen molar-refractivity contribution in [1.29, 1.82) is 0 Å². The highest BCUT2D eigenvalue weighted by Crippen LogP contribution is 2.25. The number of aromatic nitrogens is 5. The predicted molar refractivity (Wildman–Crippen MR) is 128 cm³/mol. The summed E-state index contributed by atoms with van der Waals surface area (Å²) in [5.74, 6) is 2.85. The zero-order valence-corrected chi connectivity index (χ0v) is 19.1. The Hall–Kier alpha value is -3.13.